The molecule has 1 fully saturated rings. The first-order valence-corrected chi connectivity index (χ1v) is 10.7. The molecule has 4 N–H and O–H groups in total. The van der Waals surface area contributed by atoms with Crippen LogP contribution in [0.2, 0.25) is 0 Å². The molecule has 2 aromatic carbocycles. The molecule has 2 heterocycles. The third-order valence-electron chi connectivity index (χ3n) is 5.79. The second-order valence-electron chi connectivity index (χ2n) is 8.10. The number of carbonyl (C=O) groups is 3. The smallest absolute Gasteiger partial charge is 0.407 e. The Labute approximate surface area is 195 Å². The second kappa shape index (κ2) is 9.75. The van der Waals surface area contributed by atoms with Gasteiger partial charge in [-0.15, -0.1) is 0 Å². The van der Waals surface area contributed by atoms with Crippen molar-refractivity contribution in [3.8, 4) is 5.75 Å². The van der Waals surface area contributed by atoms with Gasteiger partial charge >= 0.3 is 6.09 Å². The van der Waals surface area contributed by atoms with E-state index in [1.165, 1.54) is 5.48 Å². The molecule has 0 aliphatic carbocycles. The first-order valence-electron chi connectivity index (χ1n) is 10.7. The number of amides is 3. The Morgan fingerprint density at radius 1 is 1.12 bits per heavy atom. The number of aryl methyl sites for hydroxylation is 1. The van der Waals surface area contributed by atoms with Crippen LogP contribution in [0.3, 0.4) is 0 Å². The topological polar surface area (TPSA) is 141 Å². The molecule has 10 heteroatoms. The van der Waals surface area contributed by atoms with Gasteiger partial charge in [0.25, 0.3) is 5.91 Å². The molecule has 1 aromatic heterocycles. The van der Waals surface area contributed by atoms with E-state index < -0.39 is 29.9 Å². The van der Waals surface area contributed by atoms with Crippen molar-refractivity contribution in [2.45, 2.75) is 19.6 Å². The highest BCUT2D eigenvalue weighted by atomic mass is 16.5. The Morgan fingerprint density at radius 2 is 1.85 bits per heavy atom. The van der Waals surface area contributed by atoms with Crippen LogP contribution < -0.4 is 15.5 Å². The highest BCUT2D eigenvalue weighted by Crippen LogP contribution is 2.22. The maximum atomic E-state index is 12.7. The molecule has 10 nitrogen and oxygen atoms in total. The van der Waals surface area contributed by atoms with Crippen molar-refractivity contribution in [1.82, 2.24) is 20.7 Å². The Kier molecular flexibility index (Phi) is 6.60. The maximum Gasteiger partial charge on any atom is 0.407 e. The van der Waals surface area contributed by atoms with Gasteiger partial charge in [-0.2, -0.15) is 0 Å². The molecule has 0 unspecified atom stereocenters. The highest BCUT2D eigenvalue weighted by Gasteiger charge is 2.40. The molecule has 0 spiro atoms. The summed E-state index contributed by atoms with van der Waals surface area (Å²) in [5.74, 6) is -1.54. The summed E-state index contributed by atoms with van der Waals surface area (Å²) in [7, 11) is 0. The highest BCUT2D eigenvalue weighted by molar-refractivity contribution is 5.95. The van der Waals surface area contributed by atoms with Crippen molar-refractivity contribution < 1.29 is 29.4 Å². The minimum Gasteiger partial charge on any atom is -0.489 e. The van der Waals surface area contributed by atoms with Crippen molar-refractivity contribution >= 4 is 28.8 Å². The summed E-state index contributed by atoms with van der Waals surface area (Å²) in [6.07, 6.45) is -1.20. The number of nitrogens with one attached hydrogen (secondary N) is 2. The van der Waals surface area contributed by atoms with E-state index in [1.54, 1.807) is 24.3 Å². The molecule has 34 heavy (non-hydrogen) atoms. The summed E-state index contributed by atoms with van der Waals surface area (Å²) in [5, 5.41) is 21.8. The molecule has 4 rings (SSSR count). The van der Waals surface area contributed by atoms with Crippen LogP contribution in [0.25, 0.3) is 10.9 Å². The van der Waals surface area contributed by atoms with Crippen molar-refractivity contribution in [2.24, 2.45) is 5.92 Å². The molecule has 0 radical (unpaired) electrons. The van der Waals surface area contributed by atoms with Crippen LogP contribution >= 0.6 is 0 Å². The molecule has 0 bridgehead atoms. The lowest BCUT2D eigenvalue weighted by Gasteiger charge is -2.18. The number of aromatic nitrogens is 1. The number of nitrogens with zero attached hydrogens (tertiary/aromatic N) is 2. The number of benzene rings is 2. The number of likely N-dealkylation sites (tertiary alicyclic amines) is 1. The minimum atomic E-state index is -1.20. The van der Waals surface area contributed by atoms with Crippen LogP contribution in [0.1, 0.15) is 21.6 Å². The standard InChI is InChI=1S/C24H24N4O6/c1-14-10-16(18-4-2-3-5-20(18)25-14)13-34-17-8-6-15(7-9-17)22(29)26-21-12-28(24(31)32)11-19(21)23(30)27-33/h2-10,19,21,33H,11-13H2,1H3,(H,26,29)(H,27,30)(H,31,32)/t19-,21+/m1/s1. The van der Waals surface area contributed by atoms with Crippen LogP contribution in [-0.4, -0.2) is 57.2 Å². The fourth-order valence-corrected chi connectivity index (χ4v) is 4.08. The third-order valence-corrected chi connectivity index (χ3v) is 5.79. The number of hydroxylamine groups is 1. The average molecular weight is 464 g/mol. The average Bonchev–Trinajstić information content (AvgIpc) is 3.26. The van der Waals surface area contributed by atoms with Gasteiger partial charge in [-0.05, 0) is 43.3 Å². The Balaban J connectivity index is 1.41. The van der Waals surface area contributed by atoms with Crippen LogP contribution in [0.15, 0.2) is 54.6 Å². The number of fused-ring (bicyclic) bond motifs is 1. The van der Waals surface area contributed by atoms with Gasteiger partial charge in [0.05, 0.1) is 17.5 Å². The number of hydrogen-bond donors (Lipinski definition) is 4. The summed E-state index contributed by atoms with van der Waals surface area (Å²) >= 11 is 0. The predicted molar refractivity (Wildman–Crippen MR) is 122 cm³/mol. The monoisotopic (exact) mass is 464 g/mol. The van der Waals surface area contributed by atoms with E-state index in [9.17, 15) is 19.5 Å². The van der Waals surface area contributed by atoms with Crippen molar-refractivity contribution in [3.63, 3.8) is 0 Å². The quantitative estimate of drug-likeness (QED) is 0.324. The Hall–Kier alpha value is -4.18. The lowest BCUT2D eigenvalue weighted by molar-refractivity contribution is -0.133. The van der Waals surface area contributed by atoms with Gasteiger partial charge in [0, 0.05) is 35.3 Å². The molecule has 1 aliphatic heterocycles. The number of pyridine rings is 1. The number of para-hydroxylation sites is 1. The van der Waals surface area contributed by atoms with Gasteiger partial charge < -0.3 is 20.1 Å². The van der Waals surface area contributed by atoms with Gasteiger partial charge in [0.15, 0.2) is 0 Å². The zero-order valence-corrected chi connectivity index (χ0v) is 18.4. The van der Waals surface area contributed by atoms with Crippen LogP contribution in [0.4, 0.5) is 4.79 Å². The van der Waals surface area contributed by atoms with Crippen molar-refractivity contribution in [1.29, 1.82) is 0 Å². The summed E-state index contributed by atoms with van der Waals surface area (Å²) < 4.78 is 5.91. The summed E-state index contributed by atoms with van der Waals surface area (Å²) in [6, 6.07) is 15.6. The lowest BCUT2D eigenvalue weighted by atomic mass is 10.0. The summed E-state index contributed by atoms with van der Waals surface area (Å²) in [5.41, 5.74) is 4.65. The second-order valence-corrected chi connectivity index (χ2v) is 8.10. The van der Waals surface area contributed by atoms with Crippen LogP contribution in [0.5, 0.6) is 5.75 Å². The molecule has 1 aliphatic rings. The zero-order chi connectivity index (χ0) is 24.2. The molecule has 3 amide bonds. The molecular formula is C24H24N4O6. The first-order chi connectivity index (χ1) is 16.4. The van der Waals surface area contributed by atoms with E-state index in [0.29, 0.717) is 17.9 Å². The van der Waals surface area contributed by atoms with E-state index in [-0.39, 0.29) is 13.1 Å². The van der Waals surface area contributed by atoms with Gasteiger partial charge in [-0.3, -0.25) is 19.8 Å². The van der Waals surface area contributed by atoms with Gasteiger partial charge in [0.2, 0.25) is 5.91 Å². The fourth-order valence-electron chi connectivity index (χ4n) is 4.08. The van der Waals surface area contributed by atoms with E-state index >= 15 is 0 Å². The zero-order valence-electron chi connectivity index (χ0n) is 18.4. The normalized spacial score (nSPS) is 17.4. The number of carbonyl (C=O) groups excluding carboxylic acids is 2. The molecule has 2 atom stereocenters. The van der Waals surface area contributed by atoms with Gasteiger partial charge in [0.1, 0.15) is 12.4 Å². The third kappa shape index (κ3) is 4.91. The summed E-state index contributed by atoms with van der Waals surface area (Å²) in [6.45, 7) is 2.08. The Bertz CT molecular complexity index is 1230. The van der Waals surface area contributed by atoms with Crippen LogP contribution in [-0.2, 0) is 11.4 Å². The number of hydrogen-bond acceptors (Lipinski definition) is 6. The lowest BCUT2D eigenvalue weighted by Crippen LogP contribution is -2.45. The van der Waals surface area contributed by atoms with Crippen LogP contribution in [0, 0.1) is 12.8 Å². The molecule has 0 saturated carbocycles. The molecule has 3 aromatic rings. The SMILES string of the molecule is Cc1cc(COc2ccc(C(=O)N[C@H]3CN(C(=O)O)C[C@H]3C(=O)NO)cc2)c2ccccc2n1. The van der Waals surface area contributed by atoms with Gasteiger partial charge in [-0.25, -0.2) is 10.3 Å². The number of ether oxygens (including phenoxy) is 1. The molecular weight excluding hydrogens is 440 g/mol. The number of carboxylic acid groups (broad SMARTS) is 1. The van der Waals surface area contributed by atoms with Crippen molar-refractivity contribution in [2.75, 3.05) is 13.1 Å². The minimum absolute atomic E-state index is 0.0559. The predicted octanol–water partition coefficient (Wildman–Crippen LogP) is 2.34. The van der Waals surface area contributed by atoms with E-state index in [4.69, 9.17) is 9.94 Å². The Morgan fingerprint density at radius 3 is 2.56 bits per heavy atom. The van der Waals surface area contributed by atoms with E-state index in [1.807, 2.05) is 37.3 Å². The molecule has 1 saturated heterocycles. The maximum absolute atomic E-state index is 12.7. The summed E-state index contributed by atoms with van der Waals surface area (Å²) in [4.78, 5) is 41.4. The van der Waals surface area contributed by atoms with E-state index in [2.05, 4.69) is 10.3 Å². The van der Waals surface area contributed by atoms with Gasteiger partial charge in [-0.1, -0.05) is 18.2 Å². The van der Waals surface area contributed by atoms with Crippen molar-refractivity contribution in [3.05, 3.63) is 71.4 Å². The fraction of sp³-hybridized carbons (Fsp3) is 0.250. The first kappa shape index (κ1) is 23.0. The largest absolute Gasteiger partial charge is 0.489 e. The number of rotatable bonds is 6. The van der Waals surface area contributed by atoms with E-state index in [0.717, 1.165) is 27.1 Å². The molecule has 176 valence electrons.